The van der Waals surface area contributed by atoms with Gasteiger partial charge in [0.2, 0.25) is 0 Å². The lowest BCUT2D eigenvalue weighted by molar-refractivity contribution is 0.416. The van der Waals surface area contributed by atoms with E-state index in [9.17, 15) is 9.18 Å². The van der Waals surface area contributed by atoms with Crippen LogP contribution in [0.3, 0.4) is 0 Å². The topological polar surface area (TPSA) is 50.5 Å². The van der Waals surface area contributed by atoms with Crippen molar-refractivity contribution in [2.75, 3.05) is 18.0 Å². The molecule has 2 fully saturated rings. The van der Waals surface area contributed by atoms with Gasteiger partial charge in [-0.25, -0.2) is 9.37 Å². The number of anilines is 1. The smallest absolute Gasteiger partial charge is 0.282 e. The maximum atomic E-state index is 14.8. The molecule has 3 aromatic rings. The summed E-state index contributed by atoms with van der Waals surface area (Å²) in [6.45, 7) is 1.94. The molecule has 1 saturated carbocycles. The first-order chi connectivity index (χ1) is 15.2. The second-order valence-electron chi connectivity index (χ2n) is 8.58. The minimum atomic E-state index is -0.325. The van der Waals surface area contributed by atoms with E-state index < -0.39 is 0 Å². The average molecular weight is 419 g/mol. The third kappa shape index (κ3) is 3.99. The normalized spacial score (nSPS) is 17.8. The summed E-state index contributed by atoms with van der Waals surface area (Å²) in [6.07, 6.45) is 9.21. The Bertz CT molecular complexity index is 1170. The maximum Gasteiger partial charge on any atom is 0.282 e. The zero-order valence-electron chi connectivity index (χ0n) is 17.6. The fourth-order valence-electron chi connectivity index (χ4n) is 4.79. The van der Waals surface area contributed by atoms with E-state index in [4.69, 9.17) is 4.98 Å². The first kappa shape index (κ1) is 19.9. The predicted molar refractivity (Wildman–Crippen MR) is 123 cm³/mol. The summed E-state index contributed by atoms with van der Waals surface area (Å²) in [5.41, 5.74) is 1.77. The second kappa shape index (κ2) is 8.61. The van der Waals surface area contributed by atoms with Crippen LogP contribution in [0.15, 0.2) is 52.4 Å². The van der Waals surface area contributed by atoms with Gasteiger partial charge in [0.1, 0.15) is 11.6 Å². The van der Waals surface area contributed by atoms with E-state index in [1.807, 2.05) is 24.3 Å². The molecule has 0 N–H and O–H groups in total. The molecule has 5 nitrogen and oxygen atoms in total. The van der Waals surface area contributed by atoms with Crippen molar-refractivity contribution in [2.24, 2.45) is 5.10 Å². The molecule has 0 amide bonds. The van der Waals surface area contributed by atoms with Crippen molar-refractivity contribution in [3.05, 3.63) is 70.0 Å². The maximum absolute atomic E-state index is 14.8. The van der Waals surface area contributed by atoms with Gasteiger partial charge >= 0.3 is 0 Å². The molecule has 5 rings (SSSR count). The van der Waals surface area contributed by atoms with Crippen molar-refractivity contribution in [2.45, 2.75) is 50.9 Å². The summed E-state index contributed by atoms with van der Waals surface area (Å²) in [5, 5.41) is 4.98. The van der Waals surface area contributed by atoms with Crippen LogP contribution in [0, 0.1) is 5.82 Å². The van der Waals surface area contributed by atoms with Gasteiger partial charge in [0.15, 0.2) is 0 Å². The van der Waals surface area contributed by atoms with E-state index in [1.165, 1.54) is 17.3 Å². The van der Waals surface area contributed by atoms with Crippen LogP contribution in [0.5, 0.6) is 0 Å². The molecular weight excluding hydrogens is 391 g/mol. The number of benzene rings is 2. The highest BCUT2D eigenvalue weighted by Crippen LogP contribution is 2.31. The van der Waals surface area contributed by atoms with Crippen LogP contribution in [0.2, 0.25) is 0 Å². The zero-order chi connectivity index (χ0) is 21.2. The van der Waals surface area contributed by atoms with Gasteiger partial charge in [0, 0.05) is 30.3 Å². The molecule has 1 aliphatic heterocycles. The summed E-state index contributed by atoms with van der Waals surface area (Å²) < 4.78 is 16.2. The van der Waals surface area contributed by atoms with Crippen LogP contribution in [-0.4, -0.2) is 29.0 Å². The molecule has 160 valence electrons. The molecule has 2 aromatic carbocycles. The number of aromatic nitrogens is 2. The molecule has 1 aliphatic carbocycles. The van der Waals surface area contributed by atoms with E-state index in [-0.39, 0.29) is 17.3 Å². The van der Waals surface area contributed by atoms with E-state index in [0.717, 1.165) is 57.3 Å². The lowest BCUT2D eigenvalue weighted by atomic mass is 9.88. The molecule has 1 aromatic heterocycles. The van der Waals surface area contributed by atoms with E-state index in [0.29, 0.717) is 22.3 Å². The van der Waals surface area contributed by atoms with Gasteiger partial charge in [-0.2, -0.15) is 9.78 Å². The monoisotopic (exact) mass is 418 g/mol. The molecule has 0 radical (unpaired) electrons. The van der Waals surface area contributed by atoms with Crippen molar-refractivity contribution in [1.82, 2.24) is 9.66 Å². The van der Waals surface area contributed by atoms with Crippen molar-refractivity contribution in [1.29, 1.82) is 0 Å². The Hall–Kier alpha value is -3.02. The van der Waals surface area contributed by atoms with Crippen molar-refractivity contribution in [3.63, 3.8) is 0 Å². The Morgan fingerprint density at radius 3 is 2.55 bits per heavy atom. The number of rotatable bonds is 4. The quantitative estimate of drug-likeness (QED) is 0.556. The molecular formula is C25H27FN4O. The molecule has 0 spiro atoms. The Morgan fingerprint density at radius 1 is 1.00 bits per heavy atom. The van der Waals surface area contributed by atoms with Crippen LogP contribution in [-0.2, 0) is 0 Å². The Labute approximate surface area is 181 Å². The van der Waals surface area contributed by atoms with Crippen molar-refractivity contribution >= 4 is 22.8 Å². The lowest BCUT2D eigenvalue weighted by Crippen LogP contribution is -2.25. The van der Waals surface area contributed by atoms with Crippen LogP contribution in [0.25, 0.3) is 10.9 Å². The predicted octanol–water partition coefficient (Wildman–Crippen LogP) is 5.07. The third-order valence-electron chi connectivity index (χ3n) is 6.52. The number of nitrogens with zero attached hydrogens (tertiary/aromatic N) is 4. The minimum Gasteiger partial charge on any atom is -0.371 e. The van der Waals surface area contributed by atoms with Gasteiger partial charge in [-0.15, -0.1) is 0 Å². The molecule has 2 aliphatic rings. The van der Waals surface area contributed by atoms with Crippen LogP contribution < -0.4 is 10.5 Å². The van der Waals surface area contributed by atoms with Crippen molar-refractivity contribution in [3.8, 4) is 0 Å². The molecule has 31 heavy (non-hydrogen) atoms. The third-order valence-corrected chi connectivity index (χ3v) is 6.52. The Morgan fingerprint density at radius 2 is 1.77 bits per heavy atom. The molecule has 0 bridgehead atoms. The summed E-state index contributed by atoms with van der Waals surface area (Å²) in [5.74, 6) is 0.563. The van der Waals surface area contributed by atoms with Gasteiger partial charge in [-0.1, -0.05) is 31.4 Å². The van der Waals surface area contributed by atoms with Gasteiger partial charge in [-0.05, 0) is 56.0 Å². The fraction of sp³-hybridized carbons (Fsp3) is 0.400. The van der Waals surface area contributed by atoms with Crippen LogP contribution in [0.1, 0.15) is 62.3 Å². The highest BCUT2D eigenvalue weighted by molar-refractivity contribution is 5.81. The number of halogens is 1. The summed E-state index contributed by atoms with van der Waals surface area (Å²) in [7, 11) is 0. The van der Waals surface area contributed by atoms with E-state index in [2.05, 4.69) is 10.0 Å². The summed E-state index contributed by atoms with van der Waals surface area (Å²) in [4.78, 5) is 20.2. The largest absolute Gasteiger partial charge is 0.371 e. The molecule has 2 heterocycles. The summed E-state index contributed by atoms with van der Waals surface area (Å²) >= 11 is 0. The molecule has 0 atom stereocenters. The number of hydrogen-bond donors (Lipinski definition) is 0. The number of hydrogen-bond acceptors (Lipinski definition) is 4. The van der Waals surface area contributed by atoms with Gasteiger partial charge in [-0.3, -0.25) is 4.79 Å². The minimum absolute atomic E-state index is 0.198. The van der Waals surface area contributed by atoms with Crippen LogP contribution >= 0.6 is 0 Å². The van der Waals surface area contributed by atoms with E-state index >= 15 is 0 Å². The number of fused-ring (bicyclic) bond motifs is 1. The lowest BCUT2D eigenvalue weighted by Gasteiger charge is -2.22. The molecule has 1 saturated heterocycles. The standard InChI is InChI=1S/C25H27FN4O/c26-22-16-20(29-14-6-7-15-29)13-12-19(22)17-27-30-24(18-8-2-1-3-9-18)28-23-11-5-4-10-21(23)25(30)31/h4-5,10-13,16-18H,1-3,6-9,14-15H2. The van der Waals surface area contributed by atoms with Crippen LogP contribution in [0.4, 0.5) is 10.1 Å². The first-order valence-electron chi connectivity index (χ1n) is 11.3. The van der Waals surface area contributed by atoms with Gasteiger partial charge in [0.05, 0.1) is 17.1 Å². The van der Waals surface area contributed by atoms with Crippen molar-refractivity contribution < 1.29 is 4.39 Å². The molecule has 6 heteroatoms. The highest BCUT2D eigenvalue weighted by atomic mass is 19.1. The van der Waals surface area contributed by atoms with Gasteiger partial charge < -0.3 is 4.90 Å². The Balaban J connectivity index is 1.54. The highest BCUT2D eigenvalue weighted by Gasteiger charge is 2.22. The molecule has 0 unspecified atom stereocenters. The average Bonchev–Trinajstić information content (AvgIpc) is 3.35. The SMILES string of the molecule is O=c1c2ccccc2nc(C2CCCCC2)n1N=Cc1ccc(N2CCCC2)cc1F. The fourth-order valence-corrected chi connectivity index (χ4v) is 4.79. The summed E-state index contributed by atoms with van der Waals surface area (Å²) in [6, 6.07) is 12.6. The zero-order valence-corrected chi connectivity index (χ0v) is 17.6. The first-order valence-corrected chi connectivity index (χ1v) is 11.3. The second-order valence-corrected chi connectivity index (χ2v) is 8.58. The van der Waals surface area contributed by atoms with Gasteiger partial charge in [0.25, 0.3) is 5.56 Å². The van der Waals surface area contributed by atoms with E-state index in [1.54, 1.807) is 18.2 Å². The Kier molecular flexibility index (Phi) is 5.53. The number of para-hydroxylation sites is 1.